The first-order valence-electron chi connectivity index (χ1n) is 9.39. The topological polar surface area (TPSA) is 24.9 Å². The molecule has 1 unspecified atom stereocenters. The van der Waals surface area contributed by atoms with Gasteiger partial charge in [-0.2, -0.15) is 0 Å². The van der Waals surface area contributed by atoms with Gasteiger partial charge in [0.1, 0.15) is 0 Å². The molecule has 0 aromatic heterocycles. The first-order valence-corrected chi connectivity index (χ1v) is 9.39. The van der Waals surface area contributed by atoms with Gasteiger partial charge in [-0.3, -0.25) is 0 Å². The van der Waals surface area contributed by atoms with E-state index in [-0.39, 0.29) is 11.2 Å². The van der Waals surface area contributed by atoms with Gasteiger partial charge in [0.2, 0.25) is 0 Å². The lowest BCUT2D eigenvalue weighted by molar-refractivity contribution is -0.0973. The van der Waals surface area contributed by atoms with Crippen LogP contribution in [0.1, 0.15) is 60.3 Å². The summed E-state index contributed by atoms with van der Waals surface area (Å²) in [5.41, 5.74) is -0.0548. The van der Waals surface area contributed by atoms with Gasteiger partial charge in [-0.05, 0) is 67.3 Å². The molecule has 0 N–H and O–H groups in total. The number of nitrogens with zero attached hydrogens (tertiary/aromatic N) is 2. The van der Waals surface area contributed by atoms with E-state index < -0.39 is 0 Å². The van der Waals surface area contributed by atoms with E-state index >= 15 is 0 Å². The van der Waals surface area contributed by atoms with Gasteiger partial charge in [-0.1, -0.05) is 0 Å². The van der Waals surface area contributed by atoms with E-state index in [9.17, 15) is 0 Å². The van der Waals surface area contributed by atoms with Gasteiger partial charge in [-0.15, -0.1) is 0 Å². The average molecular weight is 327 g/mol. The molecule has 0 bridgehead atoms. The van der Waals surface area contributed by atoms with E-state index in [0.29, 0.717) is 12.2 Å². The van der Waals surface area contributed by atoms with Gasteiger partial charge in [0, 0.05) is 32.7 Å². The Labute approximate surface area is 143 Å². The van der Waals surface area contributed by atoms with Crippen molar-refractivity contribution in [3.05, 3.63) is 0 Å². The first kappa shape index (κ1) is 19.2. The highest BCUT2D eigenvalue weighted by Crippen LogP contribution is 2.25. The second kappa shape index (κ2) is 7.81. The van der Waals surface area contributed by atoms with Crippen LogP contribution in [-0.4, -0.2) is 73.0 Å². The summed E-state index contributed by atoms with van der Waals surface area (Å²) in [7, 11) is 2.20. The molecule has 2 heterocycles. The molecule has 0 spiro atoms. The largest absolute Gasteiger partial charge is 0.372 e. The van der Waals surface area contributed by atoms with Crippen molar-refractivity contribution in [2.24, 2.45) is 0 Å². The SMILES string of the molecule is CN1CCC(OC(C)(C)CCN2CCC(OC(C)(C)C)C2)CC1. The Kier molecular flexibility index (Phi) is 6.51. The molecule has 2 aliphatic rings. The minimum Gasteiger partial charge on any atom is -0.372 e. The summed E-state index contributed by atoms with van der Waals surface area (Å²) in [4.78, 5) is 4.93. The zero-order chi connectivity index (χ0) is 17.1. The molecule has 2 fully saturated rings. The molecule has 0 aromatic rings. The standard InChI is InChI=1S/C19H38N2O2/c1-18(2,3)22-17-9-13-21(15-17)14-10-19(4,5)23-16-7-11-20(6)12-8-16/h16-17H,7-15H2,1-6H3. The Balaban J connectivity index is 1.68. The maximum absolute atomic E-state index is 6.41. The Hall–Kier alpha value is -0.160. The van der Waals surface area contributed by atoms with Crippen LogP contribution in [0.15, 0.2) is 0 Å². The maximum Gasteiger partial charge on any atom is 0.0721 e. The summed E-state index contributed by atoms with van der Waals surface area (Å²) in [6.07, 6.45) is 5.44. The lowest BCUT2D eigenvalue weighted by Gasteiger charge is -2.36. The van der Waals surface area contributed by atoms with Crippen molar-refractivity contribution in [2.45, 2.75) is 83.7 Å². The minimum atomic E-state index is -0.0306. The van der Waals surface area contributed by atoms with E-state index in [1.807, 2.05) is 0 Å². The zero-order valence-corrected chi connectivity index (χ0v) is 16.2. The fraction of sp³-hybridized carbons (Fsp3) is 1.00. The van der Waals surface area contributed by atoms with Crippen LogP contribution in [0.25, 0.3) is 0 Å². The summed E-state index contributed by atoms with van der Waals surface area (Å²) in [6, 6.07) is 0. The summed E-state index contributed by atoms with van der Waals surface area (Å²) >= 11 is 0. The lowest BCUT2D eigenvalue weighted by Crippen LogP contribution is -2.40. The monoisotopic (exact) mass is 326 g/mol. The number of hydrogen-bond donors (Lipinski definition) is 0. The van der Waals surface area contributed by atoms with Gasteiger partial charge in [-0.25, -0.2) is 0 Å². The lowest BCUT2D eigenvalue weighted by atomic mass is 10.0. The van der Waals surface area contributed by atoms with Gasteiger partial charge in [0.25, 0.3) is 0 Å². The fourth-order valence-corrected chi connectivity index (χ4v) is 3.64. The second-order valence-electron chi connectivity index (χ2n) is 9.07. The quantitative estimate of drug-likeness (QED) is 0.748. The molecule has 1 atom stereocenters. The highest BCUT2D eigenvalue weighted by molar-refractivity contribution is 4.82. The molecule has 0 aromatic carbocycles. The Morgan fingerprint density at radius 2 is 1.48 bits per heavy atom. The van der Waals surface area contributed by atoms with E-state index in [0.717, 1.165) is 32.5 Å². The summed E-state index contributed by atoms with van der Waals surface area (Å²) in [6.45, 7) is 16.6. The Morgan fingerprint density at radius 1 is 0.870 bits per heavy atom. The molecule has 0 amide bonds. The van der Waals surface area contributed by atoms with Crippen LogP contribution < -0.4 is 0 Å². The molecule has 2 aliphatic heterocycles. The Bertz CT molecular complexity index is 357. The van der Waals surface area contributed by atoms with E-state index in [4.69, 9.17) is 9.47 Å². The molecule has 0 radical (unpaired) electrons. The average Bonchev–Trinajstić information content (AvgIpc) is 2.84. The first-order chi connectivity index (χ1) is 10.6. The number of hydrogen-bond acceptors (Lipinski definition) is 4. The highest BCUT2D eigenvalue weighted by Gasteiger charge is 2.30. The van der Waals surface area contributed by atoms with Crippen molar-refractivity contribution in [1.29, 1.82) is 0 Å². The molecule has 136 valence electrons. The maximum atomic E-state index is 6.41. The summed E-state index contributed by atoms with van der Waals surface area (Å²) < 4.78 is 12.5. The van der Waals surface area contributed by atoms with Crippen LogP contribution in [0.3, 0.4) is 0 Å². The molecule has 23 heavy (non-hydrogen) atoms. The molecule has 4 heteroatoms. The van der Waals surface area contributed by atoms with E-state index in [1.54, 1.807) is 0 Å². The van der Waals surface area contributed by atoms with Crippen molar-refractivity contribution < 1.29 is 9.47 Å². The predicted molar refractivity (Wildman–Crippen MR) is 96.0 cm³/mol. The van der Waals surface area contributed by atoms with Crippen molar-refractivity contribution in [2.75, 3.05) is 39.8 Å². The van der Waals surface area contributed by atoms with Gasteiger partial charge < -0.3 is 19.3 Å². The van der Waals surface area contributed by atoms with Gasteiger partial charge in [0.05, 0.1) is 23.4 Å². The Morgan fingerprint density at radius 3 is 2.09 bits per heavy atom. The highest BCUT2D eigenvalue weighted by atomic mass is 16.5. The molecule has 2 saturated heterocycles. The van der Waals surface area contributed by atoms with Gasteiger partial charge in [0.15, 0.2) is 0 Å². The molecular weight excluding hydrogens is 288 g/mol. The number of likely N-dealkylation sites (tertiary alicyclic amines) is 2. The van der Waals surface area contributed by atoms with Crippen LogP contribution >= 0.6 is 0 Å². The van der Waals surface area contributed by atoms with Gasteiger partial charge >= 0.3 is 0 Å². The van der Waals surface area contributed by atoms with Crippen molar-refractivity contribution in [3.63, 3.8) is 0 Å². The van der Waals surface area contributed by atoms with E-state index in [2.05, 4.69) is 51.5 Å². The minimum absolute atomic E-state index is 0.0243. The van der Waals surface area contributed by atoms with E-state index in [1.165, 1.54) is 25.9 Å². The predicted octanol–water partition coefficient (Wildman–Crippen LogP) is 3.16. The van der Waals surface area contributed by atoms with Crippen molar-refractivity contribution in [1.82, 2.24) is 9.80 Å². The fourth-order valence-electron chi connectivity index (χ4n) is 3.64. The van der Waals surface area contributed by atoms with Crippen LogP contribution in [0.2, 0.25) is 0 Å². The zero-order valence-electron chi connectivity index (χ0n) is 16.2. The van der Waals surface area contributed by atoms with Crippen LogP contribution in [0.4, 0.5) is 0 Å². The van der Waals surface area contributed by atoms with Crippen LogP contribution in [-0.2, 0) is 9.47 Å². The van der Waals surface area contributed by atoms with Crippen LogP contribution in [0, 0.1) is 0 Å². The third kappa shape index (κ3) is 7.08. The number of piperidine rings is 1. The van der Waals surface area contributed by atoms with Crippen LogP contribution in [0.5, 0.6) is 0 Å². The molecule has 0 saturated carbocycles. The third-order valence-electron chi connectivity index (χ3n) is 4.93. The van der Waals surface area contributed by atoms with Crippen molar-refractivity contribution in [3.8, 4) is 0 Å². The molecule has 2 rings (SSSR count). The summed E-state index contributed by atoms with van der Waals surface area (Å²) in [5.74, 6) is 0. The number of rotatable bonds is 6. The normalized spacial score (nSPS) is 26.1. The molecule has 0 aliphatic carbocycles. The molecular formula is C19H38N2O2. The molecule has 4 nitrogen and oxygen atoms in total. The summed E-state index contributed by atoms with van der Waals surface area (Å²) in [5, 5.41) is 0. The number of ether oxygens (including phenoxy) is 2. The van der Waals surface area contributed by atoms with Crippen molar-refractivity contribution >= 4 is 0 Å². The third-order valence-corrected chi connectivity index (χ3v) is 4.93. The second-order valence-corrected chi connectivity index (χ2v) is 9.07. The smallest absolute Gasteiger partial charge is 0.0721 e.